The molecule has 2 N–H and O–H groups in total. The zero-order valence-corrected chi connectivity index (χ0v) is 19.2. The van der Waals surface area contributed by atoms with E-state index in [0.717, 1.165) is 29.4 Å². The molecule has 0 atom stereocenters. The normalized spacial score (nSPS) is 11.4. The fourth-order valence-corrected chi connectivity index (χ4v) is 3.72. The summed E-state index contributed by atoms with van der Waals surface area (Å²) < 4.78 is 9.10. The summed E-state index contributed by atoms with van der Waals surface area (Å²) in [5, 5.41) is 6.70. The Morgan fingerprint density at radius 3 is 2.65 bits per heavy atom. The molecule has 34 heavy (non-hydrogen) atoms. The predicted octanol–water partition coefficient (Wildman–Crippen LogP) is 3.36. The Hall–Kier alpha value is -4.33. The van der Waals surface area contributed by atoms with Gasteiger partial charge in [-0.1, -0.05) is 18.2 Å². The first kappa shape index (κ1) is 22.8. The van der Waals surface area contributed by atoms with E-state index in [1.54, 1.807) is 50.0 Å². The van der Waals surface area contributed by atoms with Crippen LogP contribution in [0.1, 0.15) is 22.3 Å². The van der Waals surface area contributed by atoms with Crippen LogP contribution in [0.5, 0.6) is 5.75 Å². The summed E-state index contributed by atoms with van der Waals surface area (Å²) in [6, 6.07) is 14.7. The van der Waals surface area contributed by atoms with Gasteiger partial charge in [-0.05, 0) is 42.8 Å². The molecule has 8 heteroatoms. The fourth-order valence-electron chi connectivity index (χ4n) is 3.72. The molecule has 2 aromatic carbocycles. The second kappa shape index (κ2) is 10.5. The van der Waals surface area contributed by atoms with Crippen LogP contribution in [0.4, 0.5) is 0 Å². The van der Waals surface area contributed by atoms with Crippen LogP contribution >= 0.6 is 0 Å². The second-order valence-electron chi connectivity index (χ2n) is 7.86. The number of aromatic nitrogens is 3. The van der Waals surface area contributed by atoms with E-state index >= 15 is 0 Å². The molecule has 2 amide bonds. The summed E-state index contributed by atoms with van der Waals surface area (Å²) >= 11 is 0. The van der Waals surface area contributed by atoms with Crippen LogP contribution in [0.3, 0.4) is 0 Å². The van der Waals surface area contributed by atoms with Crippen LogP contribution in [0.25, 0.3) is 17.0 Å². The van der Waals surface area contributed by atoms with Crippen molar-refractivity contribution in [3.63, 3.8) is 0 Å². The van der Waals surface area contributed by atoms with Crippen molar-refractivity contribution >= 4 is 28.8 Å². The first-order valence-electron chi connectivity index (χ1n) is 11.0. The van der Waals surface area contributed by atoms with Crippen LogP contribution in [-0.4, -0.2) is 39.6 Å². The number of benzene rings is 2. The Labute approximate surface area is 197 Å². The molecule has 0 bridgehead atoms. The number of nitrogens with one attached hydrogen (secondary N) is 2. The predicted molar refractivity (Wildman–Crippen MR) is 131 cm³/mol. The molecule has 8 nitrogen and oxygen atoms in total. The molecule has 0 fully saturated rings. The van der Waals surface area contributed by atoms with Gasteiger partial charge in [-0.15, -0.1) is 0 Å². The molecule has 0 radical (unpaired) electrons. The number of imidazole rings is 1. The SMILES string of the molecule is COc1ccc(C(=O)NC(=Cc2cn(C)c3ccccc23)C(=O)NCCCn2ccnc2)cc1. The molecule has 2 aromatic heterocycles. The number of carbonyl (C=O) groups is 2. The Balaban J connectivity index is 1.55. The number of hydrogen-bond donors (Lipinski definition) is 2. The molecule has 0 aliphatic carbocycles. The highest BCUT2D eigenvalue weighted by Gasteiger charge is 2.16. The van der Waals surface area contributed by atoms with Crippen molar-refractivity contribution < 1.29 is 14.3 Å². The lowest BCUT2D eigenvalue weighted by Gasteiger charge is -2.12. The molecule has 174 valence electrons. The van der Waals surface area contributed by atoms with Gasteiger partial charge in [0.25, 0.3) is 11.8 Å². The topological polar surface area (TPSA) is 90.2 Å². The van der Waals surface area contributed by atoms with Crippen LogP contribution in [0.2, 0.25) is 0 Å². The summed E-state index contributed by atoms with van der Waals surface area (Å²) in [6.07, 6.45) is 9.73. The van der Waals surface area contributed by atoms with Crippen molar-refractivity contribution in [3.05, 3.63) is 90.3 Å². The smallest absolute Gasteiger partial charge is 0.267 e. The van der Waals surface area contributed by atoms with Crippen LogP contribution in [-0.2, 0) is 18.4 Å². The Morgan fingerprint density at radius 1 is 1.12 bits per heavy atom. The van der Waals surface area contributed by atoms with Crippen molar-refractivity contribution in [3.8, 4) is 5.75 Å². The minimum Gasteiger partial charge on any atom is -0.497 e. The van der Waals surface area contributed by atoms with Gasteiger partial charge in [0.15, 0.2) is 0 Å². The number of ether oxygens (including phenoxy) is 1. The van der Waals surface area contributed by atoms with E-state index in [4.69, 9.17) is 4.74 Å². The molecule has 0 aliphatic heterocycles. The minimum atomic E-state index is -0.372. The standard InChI is InChI=1S/C26H27N5O3/c1-30-17-20(22-6-3-4-7-24(22)30)16-23(26(33)28-12-5-14-31-15-13-27-18-31)29-25(32)19-8-10-21(34-2)11-9-19/h3-4,6-11,13,15-18H,5,12,14H2,1-2H3,(H,28,33)(H,29,32). The number of rotatable bonds is 9. The first-order chi connectivity index (χ1) is 16.5. The number of aryl methyl sites for hydroxylation is 2. The number of nitrogens with zero attached hydrogens (tertiary/aromatic N) is 3. The van der Waals surface area contributed by atoms with E-state index in [0.29, 0.717) is 17.9 Å². The van der Waals surface area contributed by atoms with Gasteiger partial charge in [0.2, 0.25) is 0 Å². The van der Waals surface area contributed by atoms with E-state index in [1.807, 2.05) is 52.8 Å². The third-order valence-corrected chi connectivity index (χ3v) is 5.51. The third kappa shape index (κ3) is 5.35. The summed E-state index contributed by atoms with van der Waals surface area (Å²) in [5.74, 6) is -0.0677. The number of hydrogen-bond acceptors (Lipinski definition) is 4. The lowest BCUT2D eigenvalue weighted by molar-refractivity contribution is -0.117. The van der Waals surface area contributed by atoms with Gasteiger partial charge in [-0.2, -0.15) is 0 Å². The van der Waals surface area contributed by atoms with E-state index in [1.165, 1.54) is 0 Å². The highest BCUT2D eigenvalue weighted by Crippen LogP contribution is 2.22. The third-order valence-electron chi connectivity index (χ3n) is 5.51. The maximum absolute atomic E-state index is 13.1. The number of amides is 2. The van der Waals surface area contributed by atoms with Crippen molar-refractivity contribution in [2.24, 2.45) is 7.05 Å². The number of methoxy groups -OCH3 is 1. The van der Waals surface area contributed by atoms with Gasteiger partial charge >= 0.3 is 0 Å². The van der Waals surface area contributed by atoms with Crippen LogP contribution in [0, 0.1) is 0 Å². The van der Waals surface area contributed by atoms with E-state index in [2.05, 4.69) is 15.6 Å². The maximum Gasteiger partial charge on any atom is 0.267 e. The molecule has 0 aliphatic rings. The molecular formula is C26H27N5O3. The molecular weight excluding hydrogens is 430 g/mol. The molecule has 0 saturated heterocycles. The van der Waals surface area contributed by atoms with E-state index in [9.17, 15) is 9.59 Å². The quantitative estimate of drug-likeness (QED) is 0.298. The van der Waals surface area contributed by atoms with Crippen molar-refractivity contribution in [2.75, 3.05) is 13.7 Å². The maximum atomic E-state index is 13.1. The zero-order valence-electron chi connectivity index (χ0n) is 19.2. The van der Waals surface area contributed by atoms with Gasteiger partial charge in [0.05, 0.1) is 13.4 Å². The van der Waals surface area contributed by atoms with Gasteiger partial charge in [0.1, 0.15) is 11.4 Å². The average Bonchev–Trinajstić information content (AvgIpc) is 3.49. The molecule has 2 heterocycles. The summed E-state index contributed by atoms with van der Waals surface area (Å²) in [6.45, 7) is 1.20. The summed E-state index contributed by atoms with van der Waals surface area (Å²) in [5.41, 5.74) is 2.49. The van der Waals surface area contributed by atoms with Crippen molar-refractivity contribution in [1.82, 2.24) is 24.8 Å². The Kier molecular flexibility index (Phi) is 7.07. The fraction of sp³-hybridized carbons (Fsp3) is 0.192. The minimum absolute atomic E-state index is 0.180. The molecule has 4 aromatic rings. The van der Waals surface area contributed by atoms with Crippen LogP contribution < -0.4 is 15.4 Å². The zero-order chi connectivity index (χ0) is 23.9. The highest BCUT2D eigenvalue weighted by atomic mass is 16.5. The number of fused-ring (bicyclic) bond motifs is 1. The molecule has 0 unspecified atom stereocenters. The van der Waals surface area contributed by atoms with Gasteiger partial charge in [-0.25, -0.2) is 4.98 Å². The average molecular weight is 458 g/mol. The molecule has 0 spiro atoms. The number of carbonyl (C=O) groups excluding carboxylic acids is 2. The lowest BCUT2D eigenvalue weighted by Crippen LogP contribution is -2.35. The second-order valence-corrected chi connectivity index (χ2v) is 7.86. The van der Waals surface area contributed by atoms with Crippen molar-refractivity contribution in [2.45, 2.75) is 13.0 Å². The first-order valence-corrected chi connectivity index (χ1v) is 11.0. The lowest BCUT2D eigenvalue weighted by atomic mass is 10.1. The van der Waals surface area contributed by atoms with Crippen LogP contribution in [0.15, 0.2) is 79.1 Å². The largest absolute Gasteiger partial charge is 0.497 e. The van der Waals surface area contributed by atoms with Crippen molar-refractivity contribution in [1.29, 1.82) is 0 Å². The molecule has 0 saturated carbocycles. The highest BCUT2D eigenvalue weighted by molar-refractivity contribution is 6.06. The summed E-state index contributed by atoms with van der Waals surface area (Å²) in [4.78, 5) is 30.0. The van der Waals surface area contributed by atoms with Gasteiger partial charge in [0, 0.05) is 60.8 Å². The monoisotopic (exact) mass is 457 g/mol. The van der Waals surface area contributed by atoms with Gasteiger partial charge in [-0.3, -0.25) is 9.59 Å². The molecule has 4 rings (SSSR count). The summed E-state index contributed by atoms with van der Waals surface area (Å²) in [7, 11) is 3.52. The Bertz CT molecular complexity index is 1300. The van der Waals surface area contributed by atoms with E-state index in [-0.39, 0.29) is 17.5 Å². The Morgan fingerprint density at radius 2 is 1.91 bits per heavy atom. The number of para-hydroxylation sites is 1. The van der Waals surface area contributed by atoms with E-state index < -0.39 is 0 Å². The van der Waals surface area contributed by atoms with Gasteiger partial charge < -0.3 is 24.5 Å².